The molecule has 1 aromatic carbocycles. The fraction of sp³-hybridized carbons (Fsp3) is 0.308. The average Bonchev–Trinajstić information content (AvgIpc) is 2.56. The van der Waals surface area contributed by atoms with E-state index in [1.807, 2.05) is 0 Å². The number of carboxylic acids is 1. The standard InChI is InChI=1S/C13H12F3NO2/c1-6-3-7(2)11-8(4-6)9(5-10(18)19)12(17-11)13(14,15)16/h3-4,17H,5H2,1-2H3,(H,18,19). The van der Waals surface area contributed by atoms with Crippen LogP contribution in [0.3, 0.4) is 0 Å². The van der Waals surface area contributed by atoms with E-state index in [1.54, 1.807) is 26.0 Å². The zero-order valence-corrected chi connectivity index (χ0v) is 10.4. The highest BCUT2D eigenvalue weighted by atomic mass is 19.4. The minimum Gasteiger partial charge on any atom is -0.481 e. The monoisotopic (exact) mass is 271 g/mol. The molecule has 102 valence electrons. The molecule has 0 unspecified atom stereocenters. The molecule has 0 fully saturated rings. The van der Waals surface area contributed by atoms with Crippen molar-refractivity contribution in [2.45, 2.75) is 26.4 Å². The summed E-state index contributed by atoms with van der Waals surface area (Å²) in [7, 11) is 0. The van der Waals surface area contributed by atoms with Gasteiger partial charge in [0, 0.05) is 16.5 Å². The summed E-state index contributed by atoms with van der Waals surface area (Å²) in [4.78, 5) is 13.1. The van der Waals surface area contributed by atoms with Gasteiger partial charge in [-0.25, -0.2) is 0 Å². The lowest BCUT2D eigenvalue weighted by Gasteiger charge is -2.06. The van der Waals surface area contributed by atoms with E-state index in [0.717, 1.165) is 5.56 Å². The van der Waals surface area contributed by atoms with Crippen LogP contribution in [0.1, 0.15) is 22.4 Å². The molecule has 3 nitrogen and oxygen atoms in total. The first-order valence-electron chi connectivity index (χ1n) is 5.61. The number of halogens is 3. The van der Waals surface area contributed by atoms with Gasteiger partial charge in [0.2, 0.25) is 0 Å². The molecular weight excluding hydrogens is 259 g/mol. The summed E-state index contributed by atoms with van der Waals surface area (Å²) in [5.41, 5.74) is 0.621. The Kier molecular flexibility index (Phi) is 3.04. The number of H-pyrrole nitrogens is 1. The minimum absolute atomic E-state index is 0.207. The van der Waals surface area contributed by atoms with Gasteiger partial charge in [0.15, 0.2) is 0 Å². The normalized spacial score (nSPS) is 12.1. The van der Waals surface area contributed by atoms with Gasteiger partial charge in [-0.05, 0) is 25.5 Å². The first-order valence-corrected chi connectivity index (χ1v) is 5.61. The van der Waals surface area contributed by atoms with Crippen molar-refractivity contribution in [3.8, 4) is 0 Å². The number of aryl methyl sites for hydroxylation is 2. The van der Waals surface area contributed by atoms with E-state index in [0.29, 0.717) is 16.5 Å². The van der Waals surface area contributed by atoms with E-state index in [4.69, 9.17) is 5.11 Å². The molecule has 0 amide bonds. The fourth-order valence-electron chi connectivity index (χ4n) is 2.28. The molecule has 0 saturated heterocycles. The Labute approximate surface area is 107 Å². The number of carboxylic acid groups (broad SMARTS) is 1. The molecule has 19 heavy (non-hydrogen) atoms. The van der Waals surface area contributed by atoms with Crippen LogP contribution >= 0.6 is 0 Å². The van der Waals surface area contributed by atoms with Crippen LogP contribution in [0.15, 0.2) is 12.1 Å². The van der Waals surface area contributed by atoms with Crippen molar-refractivity contribution >= 4 is 16.9 Å². The summed E-state index contributed by atoms with van der Waals surface area (Å²) in [6.45, 7) is 3.45. The molecule has 0 aliphatic carbocycles. The van der Waals surface area contributed by atoms with Crippen LogP contribution in [-0.4, -0.2) is 16.1 Å². The van der Waals surface area contributed by atoms with Crippen LogP contribution in [0.4, 0.5) is 13.2 Å². The topological polar surface area (TPSA) is 53.1 Å². The number of aromatic nitrogens is 1. The Bertz CT molecular complexity index is 656. The van der Waals surface area contributed by atoms with Crippen LogP contribution < -0.4 is 0 Å². The maximum atomic E-state index is 12.9. The number of rotatable bonds is 2. The summed E-state index contributed by atoms with van der Waals surface area (Å²) >= 11 is 0. The van der Waals surface area contributed by atoms with Crippen LogP contribution in [-0.2, 0) is 17.4 Å². The number of aromatic amines is 1. The molecule has 0 radical (unpaired) electrons. The lowest BCUT2D eigenvalue weighted by Crippen LogP contribution is -2.11. The molecule has 0 aliphatic heterocycles. The summed E-state index contributed by atoms with van der Waals surface area (Å²) < 4.78 is 38.8. The van der Waals surface area contributed by atoms with Gasteiger partial charge in [0.25, 0.3) is 0 Å². The van der Waals surface area contributed by atoms with Gasteiger partial charge in [-0.3, -0.25) is 4.79 Å². The maximum Gasteiger partial charge on any atom is 0.431 e. The van der Waals surface area contributed by atoms with Crippen LogP contribution in [0.25, 0.3) is 10.9 Å². The third-order valence-corrected chi connectivity index (χ3v) is 2.97. The largest absolute Gasteiger partial charge is 0.481 e. The number of carbonyl (C=O) groups is 1. The van der Waals surface area contributed by atoms with Crippen molar-refractivity contribution in [3.05, 3.63) is 34.5 Å². The third-order valence-electron chi connectivity index (χ3n) is 2.97. The lowest BCUT2D eigenvalue weighted by atomic mass is 10.0. The molecule has 0 bridgehead atoms. The zero-order valence-electron chi connectivity index (χ0n) is 10.4. The molecule has 0 spiro atoms. The minimum atomic E-state index is -4.59. The summed E-state index contributed by atoms with van der Waals surface area (Å²) in [5, 5.41) is 9.12. The lowest BCUT2D eigenvalue weighted by molar-refractivity contribution is -0.142. The van der Waals surface area contributed by atoms with Gasteiger partial charge >= 0.3 is 12.1 Å². The highest BCUT2D eigenvalue weighted by molar-refractivity contribution is 5.91. The van der Waals surface area contributed by atoms with Crippen molar-refractivity contribution in [1.82, 2.24) is 4.98 Å². The molecular formula is C13H12F3NO2. The molecule has 0 aliphatic rings. The zero-order chi connectivity index (χ0) is 14.4. The van der Waals surface area contributed by atoms with Gasteiger partial charge in [-0.2, -0.15) is 13.2 Å². The number of nitrogens with one attached hydrogen (secondary N) is 1. The van der Waals surface area contributed by atoms with Crippen LogP contribution in [0.2, 0.25) is 0 Å². The highest BCUT2D eigenvalue weighted by Gasteiger charge is 2.37. The van der Waals surface area contributed by atoms with Crippen LogP contribution in [0.5, 0.6) is 0 Å². The molecule has 2 aromatic rings. The molecule has 1 heterocycles. The van der Waals surface area contributed by atoms with Gasteiger partial charge in [0.1, 0.15) is 5.69 Å². The van der Waals surface area contributed by atoms with Gasteiger partial charge in [0.05, 0.1) is 6.42 Å². The van der Waals surface area contributed by atoms with Crippen LogP contribution in [0, 0.1) is 13.8 Å². The Morgan fingerprint density at radius 3 is 2.47 bits per heavy atom. The Morgan fingerprint density at radius 1 is 1.32 bits per heavy atom. The number of alkyl halides is 3. The predicted molar refractivity (Wildman–Crippen MR) is 64.1 cm³/mol. The SMILES string of the molecule is Cc1cc(C)c2[nH]c(C(F)(F)F)c(CC(=O)O)c2c1. The molecule has 6 heteroatoms. The van der Waals surface area contributed by atoms with Crippen molar-refractivity contribution in [3.63, 3.8) is 0 Å². The van der Waals surface area contributed by atoms with Crippen molar-refractivity contribution < 1.29 is 23.1 Å². The van der Waals surface area contributed by atoms with E-state index in [-0.39, 0.29) is 5.56 Å². The molecule has 2 N–H and O–H groups in total. The Hall–Kier alpha value is -1.98. The molecule has 1 aromatic heterocycles. The second kappa shape index (κ2) is 4.29. The molecule has 2 rings (SSSR count). The smallest absolute Gasteiger partial charge is 0.431 e. The van der Waals surface area contributed by atoms with Gasteiger partial charge in [-0.1, -0.05) is 11.6 Å². The number of fused-ring (bicyclic) bond motifs is 1. The molecule has 0 atom stereocenters. The van der Waals surface area contributed by atoms with E-state index >= 15 is 0 Å². The van der Waals surface area contributed by atoms with Crippen molar-refractivity contribution in [2.75, 3.05) is 0 Å². The number of hydrogen-bond acceptors (Lipinski definition) is 1. The number of aliphatic carboxylic acids is 1. The maximum absolute atomic E-state index is 12.9. The van der Waals surface area contributed by atoms with Crippen molar-refractivity contribution in [1.29, 1.82) is 0 Å². The first kappa shape index (κ1) is 13.5. The summed E-state index contributed by atoms with van der Waals surface area (Å²) in [5.74, 6) is -1.29. The number of benzene rings is 1. The van der Waals surface area contributed by atoms with E-state index < -0.39 is 24.3 Å². The second-order valence-electron chi connectivity index (χ2n) is 4.55. The fourth-order valence-corrected chi connectivity index (χ4v) is 2.28. The van der Waals surface area contributed by atoms with E-state index in [2.05, 4.69) is 4.98 Å². The summed E-state index contributed by atoms with van der Waals surface area (Å²) in [6.07, 6.45) is -5.25. The van der Waals surface area contributed by atoms with Gasteiger partial charge < -0.3 is 10.1 Å². The average molecular weight is 271 g/mol. The third kappa shape index (κ3) is 2.43. The highest BCUT2D eigenvalue weighted by Crippen LogP contribution is 2.37. The van der Waals surface area contributed by atoms with Gasteiger partial charge in [-0.15, -0.1) is 0 Å². The van der Waals surface area contributed by atoms with E-state index in [9.17, 15) is 18.0 Å². The quantitative estimate of drug-likeness (QED) is 0.879. The summed E-state index contributed by atoms with van der Waals surface area (Å²) in [6, 6.07) is 3.33. The second-order valence-corrected chi connectivity index (χ2v) is 4.55. The predicted octanol–water partition coefficient (Wildman–Crippen LogP) is 3.43. The Balaban J connectivity index is 2.81. The number of hydrogen-bond donors (Lipinski definition) is 2. The Morgan fingerprint density at radius 2 is 1.95 bits per heavy atom. The molecule has 0 saturated carbocycles. The first-order chi connectivity index (χ1) is 8.70. The van der Waals surface area contributed by atoms with Crippen molar-refractivity contribution in [2.24, 2.45) is 0 Å². The van der Waals surface area contributed by atoms with E-state index in [1.165, 1.54) is 0 Å².